The molecule has 0 amide bonds. The van der Waals surface area contributed by atoms with Gasteiger partial charge in [0.25, 0.3) is 0 Å². The SMILES string of the molecule is O=C(O)c1cc(C2=COCCO2)cc(-n2cnnn2)c1. The van der Waals surface area contributed by atoms with E-state index in [2.05, 4.69) is 15.5 Å². The van der Waals surface area contributed by atoms with E-state index in [-0.39, 0.29) is 5.56 Å². The average molecular weight is 274 g/mol. The number of aromatic nitrogens is 4. The number of carbonyl (C=O) groups is 1. The van der Waals surface area contributed by atoms with Crippen molar-refractivity contribution in [2.24, 2.45) is 0 Å². The summed E-state index contributed by atoms with van der Waals surface area (Å²) in [5.41, 5.74) is 1.23. The Balaban J connectivity index is 2.09. The van der Waals surface area contributed by atoms with Crippen LogP contribution in [0, 0.1) is 0 Å². The minimum atomic E-state index is -1.04. The summed E-state index contributed by atoms with van der Waals surface area (Å²) < 4.78 is 12.0. The molecule has 8 nitrogen and oxygen atoms in total. The zero-order valence-corrected chi connectivity index (χ0v) is 10.3. The number of aromatic carboxylic acids is 1. The molecule has 3 rings (SSSR count). The van der Waals surface area contributed by atoms with Crippen molar-refractivity contribution < 1.29 is 19.4 Å². The van der Waals surface area contributed by atoms with E-state index in [0.717, 1.165) is 0 Å². The van der Waals surface area contributed by atoms with E-state index in [9.17, 15) is 9.90 Å². The van der Waals surface area contributed by atoms with Crippen LogP contribution in [0.25, 0.3) is 11.4 Å². The summed E-state index contributed by atoms with van der Waals surface area (Å²) >= 11 is 0. The predicted molar refractivity (Wildman–Crippen MR) is 66.0 cm³/mol. The molecule has 1 aromatic carbocycles. The quantitative estimate of drug-likeness (QED) is 0.879. The van der Waals surface area contributed by atoms with Crippen LogP contribution in [-0.2, 0) is 9.47 Å². The summed E-state index contributed by atoms with van der Waals surface area (Å²) in [5.74, 6) is -0.563. The zero-order chi connectivity index (χ0) is 13.9. The molecule has 0 bridgehead atoms. The molecule has 1 aromatic heterocycles. The predicted octanol–water partition coefficient (Wildman–Crippen LogP) is 0.706. The van der Waals surface area contributed by atoms with E-state index in [1.54, 1.807) is 6.07 Å². The smallest absolute Gasteiger partial charge is 0.335 e. The first-order valence-electron chi connectivity index (χ1n) is 5.81. The monoisotopic (exact) mass is 274 g/mol. The molecule has 1 aliphatic rings. The molecule has 0 radical (unpaired) electrons. The first-order valence-corrected chi connectivity index (χ1v) is 5.81. The number of hydrogen-bond donors (Lipinski definition) is 1. The van der Waals surface area contributed by atoms with Crippen LogP contribution in [0.3, 0.4) is 0 Å². The lowest BCUT2D eigenvalue weighted by Crippen LogP contribution is -2.09. The van der Waals surface area contributed by atoms with Gasteiger partial charge in [-0.25, -0.2) is 9.48 Å². The average Bonchev–Trinajstić information content (AvgIpc) is 3.02. The van der Waals surface area contributed by atoms with E-state index in [0.29, 0.717) is 30.2 Å². The Hall–Kier alpha value is -2.90. The number of carboxylic acid groups (broad SMARTS) is 1. The van der Waals surface area contributed by atoms with Gasteiger partial charge in [-0.05, 0) is 28.6 Å². The van der Waals surface area contributed by atoms with Crippen molar-refractivity contribution in [1.82, 2.24) is 20.2 Å². The van der Waals surface area contributed by atoms with Crippen LogP contribution >= 0.6 is 0 Å². The third-order valence-electron chi connectivity index (χ3n) is 2.71. The molecule has 0 atom stereocenters. The van der Waals surface area contributed by atoms with Crippen molar-refractivity contribution in [1.29, 1.82) is 0 Å². The number of ether oxygens (including phenoxy) is 2. The molecule has 1 aliphatic heterocycles. The van der Waals surface area contributed by atoms with Gasteiger partial charge in [-0.15, -0.1) is 5.10 Å². The highest BCUT2D eigenvalue weighted by atomic mass is 16.6. The number of rotatable bonds is 3. The Morgan fingerprint density at radius 2 is 2.20 bits per heavy atom. The van der Waals surface area contributed by atoms with Crippen LogP contribution < -0.4 is 0 Å². The molecule has 0 spiro atoms. The van der Waals surface area contributed by atoms with Crippen molar-refractivity contribution >= 4 is 11.7 Å². The van der Waals surface area contributed by atoms with Gasteiger partial charge in [0.15, 0.2) is 5.76 Å². The Bertz CT molecular complexity index is 666. The minimum absolute atomic E-state index is 0.114. The molecular formula is C12H10N4O4. The second-order valence-electron chi connectivity index (χ2n) is 4.03. The minimum Gasteiger partial charge on any atom is -0.494 e. The van der Waals surface area contributed by atoms with Gasteiger partial charge in [0.2, 0.25) is 0 Å². The molecule has 0 unspecified atom stereocenters. The van der Waals surface area contributed by atoms with Gasteiger partial charge < -0.3 is 14.6 Å². The summed E-state index contributed by atoms with van der Waals surface area (Å²) in [6.07, 6.45) is 2.85. The molecule has 2 aromatic rings. The lowest BCUT2D eigenvalue weighted by molar-refractivity contribution is 0.0696. The van der Waals surface area contributed by atoms with E-state index in [1.165, 1.54) is 29.4 Å². The van der Waals surface area contributed by atoms with Crippen LogP contribution in [0.2, 0.25) is 0 Å². The van der Waals surface area contributed by atoms with Crippen molar-refractivity contribution in [2.75, 3.05) is 13.2 Å². The van der Waals surface area contributed by atoms with E-state index in [4.69, 9.17) is 9.47 Å². The molecule has 0 aliphatic carbocycles. The van der Waals surface area contributed by atoms with E-state index in [1.807, 2.05) is 0 Å². The third-order valence-corrected chi connectivity index (χ3v) is 2.71. The van der Waals surface area contributed by atoms with Crippen LogP contribution in [-0.4, -0.2) is 44.5 Å². The first kappa shape index (κ1) is 12.2. The Labute approximate surface area is 113 Å². The highest BCUT2D eigenvalue weighted by Crippen LogP contribution is 2.23. The number of hydrogen-bond acceptors (Lipinski definition) is 6. The van der Waals surface area contributed by atoms with Gasteiger partial charge >= 0.3 is 5.97 Å². The van der Waals surface area contributed by atoms with Gasteiger partial charge in [0.05, 0.1) is 11.3 Å². The number of nitrogens with zero attached hydrogens (tertiary/aromatic N) is 4. The fourth-order valence-corrected chi connectivity index (χ4v) is 1.81. The van der Waals surface area contributed by atoms with Crippen LogP contribution in [0.4, 0.5) is 0 Å². The number of tetrazole rings is 1. The van der Waals surface area contributed by atoms with Gasteiger partial charge in [0, 0.05) is 5.56 Å². The highest BCUT2D eigenvalue weighted by Gasteiger charge is 2.14. The summed E-state index contributed by atoms with van der Waals surface area (Å²) in [5, 5.41) is 20.0. The second-order valence-corrected chi connectivity index (χ2v) is 4.03. The van der Waals surface area contributed by atoms with E-state index < -0.39 is 5.97 Å². The van der Waals surface area contributed by atoms with E-state index >= 15 is 0 Å². The van der Waals surface area contributed by atoms with Gasteiger partial charge in [-0.3, -0.25) is 0 Å². The summed E-state index contributed by atoms with van der Waals surface area (Å²) in [7, 11) is 0. The Kier molecular flexibility index (Phi) is 3.04. The summed E-state index contributed by atoms with van der Waals surface area (Å²) in [4.78, 5) is 11.2. The lowest BCUT2D eigenvalue weighted by atomic mass is 10.1. The molecule has 2 heterocycles. The molecule has 0 saturated heterocycles. The summed E-state index contributed by atoms with van der Waals surface area (Å²) in [6.45, 7) is 0.894. The van der Waals surface area contributed by atoms with Crippen LogP contribution in [0.1, 0.15) is 15.9 Å². The zero-order valence-electron chi connectivity index (χ0n) is 10.3. The standard InChI is InChI=1S/C12H10N4O4/c17-12(18)9-3-8(11-6-19-1-2-20-11)4-10(5-9)16-7-13-14-15-16/h3-7H,1-2H2,(H,17,18). The number of benzene rings is 1. The molecule has 1 N–H and O–H groups in total. The largest absolute Gasteiger partial charge is 0.494 e. The molecule has 0 saturated carbocycles. The molecule has 102 valence electrons. The first-order chi connectivity index (χ1) is 9.74. The fourth-order valence-electron chi connectivity index (χ4n) is 1.81. The Morgan fingerprint density at radius 1 is 1.30 bits per heavy atom. The molecular weight excluding hydrogens is 264 g/mol. The maximum Gasteiger partial charge on any atom is 0.335 e. The van der Waals surface area contributed by atoms with Crippen molar-refractivity contribution in [3.05, 3.63) is 41.9 Å². The van der Waals surface area contributed by atoms with Crippen LogP contribution in [0.5, 0.6) is 0 Å². The third kappa shape index (κ3) is 2.30. The fraction of sp³-hybridized carbons (Fsp3) is 0.167. The maximum absolute atomic E-state index is 11.2. The summed E-state index contributed by atoms with van der Waals surface area (Å²) in [6, 6.07) is 4.71. The molecule has 20 heavy (non-hydrogen) atoms. The van der Waals surface area contributed by atoms with Crippen molar-refractivity contribution in [3.8, 4) is 5.69 Å². The second kappa shape index (κ2) is 5.00. The normalized spacial score (nSPS) is 14.1. The highest BCUT2D eigenvalue weighted by molar-refractivity contribution is 5.89. The van der Waals surface area contributed by atoms with Gasteiger partial charge in [-0.2, -0.15) is 0 Å². The van der Waals surface area contributed by atoms with Crippen LogP contribution in [0.15, 0.2) is 30.8 Å². The van der Waals surface area contributed by atoms with Gasteiger partial charge in [-0.1, -0.05) is 0 Å². The van der Waals surface area contributed by atoms with Crippen molar-refractivity contribution in [3.63, 3.8) is 0 Å². The molecule has 0 fully saturated rings. The number of carboxylic acids is 1. The maximum atomic E-state index is 11.2. The lowest BCUT2D eigenvalue weighted by Gasteiger charge is -2.16. The Morgan fingerprint density at radius 3 is 2.85 bits per heavy atom. The molecule has 8 heteroatoms. The topological polar surface area (TPSA) is 99.4 Å². The van der Waals surface area contributed by atoms with Gasteiger partial charge in [0.1, 0.15) is 25.8 Å². The van der Waals surface area contributed by atoms with Crippen molar-refractivity contribution in [2.45, 2.75) is 0 Å².